The molecule has 1 aliphatic rings. The van der Waals surface area contributed by atoms with Gasteiger partial charge in [0.15, 0.2) is 0 Å². The third-order valence-corrected chi connectivity index (χ3v) is 4.21. The topological polar surface area (TPSA) is 58.3 Å². The number of hydrogen-bond donors (Lipinski definition) is 3. The lowest BCUT2D eigenvalue weighted by molar-refractivity contribution is 0.201. The van der Waals surface area contributed by atoms with Crippen molar-refractivity contribution in [1.29, 1.82) is 0 Å². The summed E-state index contributed by atoms with van der Waals surface area (Å²) in [6.45, 7) is 3.57. The van der Waals surface area contributed by atoms with Gasteiger partial charge in [-0.15, -0.1) is 11.8 Å². The highest BCUT2D eigenvalue weighted by molar-refractivity contribution is 8.00. The molecule has 1 aromatic carbocycles. The fourth-order valence-electron chi connectivity index (χ4n) is 1.68. The molecule has 0 amide bonds. The van der Waals surface area contributed by atoms with Gasteiger partial charge in [-0.3, -0.25) is 0 Å². The Hall–Kier alpha value is -0.710. The summed E-state index contributed by atoms with van der Waals surface area (Å²) < 4.78 is 0. The maximum absolute atomic E-state index is 9.70. The van der Waals surface area contributed by atoms with Gasteiger partial charge in [-0.05, 0) is 24.6 Å². The van der Waals surface area contributed by atoms with Crippen LogP contribution < -0.4 is 11.1 Å². The first-order chi connectivity index (χ1) is 7.18. The van der Waals surface area contributed by atoms with Crippen LogP contribution in [0, 0.1) is 6.92 Å². The molecule has 2 atom stereocenters. The van der Waals surface area contributed by atoms with Gasteiger partial charge in [0.25, 0.3) is 0 Å². The minimum atomic E-state index is -0.254. The SMILES string of the molecule is Cc1c(N)cccc1SC1CNCC1O. The quantitative estimate of drug-likeness (QED) is 0.656. The maximum Gasteiger partial charge on any atom is 0.0798 e. The zero-order valence-electron chi connectivity index (χ0n) is 8.73. The highest BCUT2D eigenvalue weighted by Crippen LogP contribution is 2.31. The van der Waals surface area contributed by atoms with Gasteiger partial charge in [0.1, 0.15) is 0 Å². The fourth-order valence-corrected chi connectivity index (χ4v) is 2.92. The van der Waals surface area contributed by atoms with Gasteiger partial charge in [0.2, 0.25) is 0 Å². The molecule has 1 aromatic rings. The van der Waals surface area contributed by atoms with E-state index >= 15 is 0 Å². The Morgan fingerprint density at radius 2 is 2.27 bits per heavy atom. The van der Waals surface area contributed by atoms with E-state index in [1.165, 1.54) is 4.90 Å². The second-order valence-electron chi connectivity index (χ2n) is 3.85. The number of nitrogen functional groups attached to an aromatic ring is 1. The van der Waals surface area contributed by atoms with Crippen LogP contribution >= 0.6 is 11.8 Å². The normalized spacial score (nSPS) is 25.7. The molecule has 2 rings (SSSR count). The molecule has 0 spiro atoms. The average Bonchev–Trinajstić information content (AvgIpc) is 2.60. The van der Waals surface area contributed by atoms with Crippen LogP contribution in [0.25, 0.3) is 0 Å². The van der Waals surface area contributed by atoms with Crippen molar-refractivity contribution in [3.63, 3.8) is 0 Å². The summed E-state index contributed by atoms with van der Waals surface area (Å²) in [7, 11) is 0. The minimum absolute atomic E-state index is 0.241. The first kappa shape index (κ1) is 10.8. The molecule has 4 heteroatoms. The van der Waals surface area contributed by atoms with E-state index in [-0.39, 0.29) is 11.4 Å². The molecule has 82 valence electrons. The van der Waals surface area contributed by atoms with E-state index in [9.17, 15) is 5.11 Å². The van der Waals surface area contributed by atoms with Gasteiger partial charge in [0, 0.05) is 28.9 Å². The van der Waals surface area contributed by atoms with Crippen molar-refractivity contribution in [2.75, 3.05) is 18.8 Å². The molecule has 1 aliphatic heterocycles. The predicted octanol–water partition coefficient (Wildman–Crippen LogP) is 1.00. The molecular weight excluding hydrogens is 208 g/mol. The van der Waals surface area contributed by atoms with Crippen LogP contribution in [0.3, 0.4) is 0 Å². The van der Waals surface area contributed by atoms with Crippen molar-refractivity contribution in [2.45, 2.75) is 23.2 Å². The zero-order chi connectivity index (χ0) is 10.8. The lowest BCUT2D eigenvalue weighted by atomic mass is 10.2. The van der Waals surface area contributed by atoms with Crippen LogP contribution in [0.1, 0.15) is 5.56 Å². The van der Waals surface area contributed by atoms with Crippen molar-refractivity contribution in [3.8, 4) is 0 Å². The Labute approximate surface area is 94.1 Å². The molecule has 0 saturated carbocycles. The molecule has 4 N–H and O–H groups in total. The Kier molecular flexibility index (Phi) is 3.19. The standard InChI is InChI=1S/C11H16N2OS/c1-7-8(12)3-2-4-10(7)15-11-6-13-5-9(11)14/h2-4,9,11,13-14H,5-6,12H2,1H3. The first-order valence-electron chi connectivity index (χ1n) is 5.09. The van der Waals surface area contributed by atoms with Crippen molar-refractivity contribution < 1.29 is 5.11 Å². The van der Waals surface area contributed by atoms with Crippen molar-refractivity contribution in [2.24, 2.45) is 0 Å². The number of aliphatic hydroxyl groups is 1. The van der Waals surface area contributed by atoms with Crippen LogP contribution in [0.15, 0.2) is 23.1 Å². The molecule has 0 radical (unpaired) electrons. The van der Waals surface area contributed by atoms with E-state index in [1.807, 2.05) is 19.1 Å². The number of aliphatic hydroxyl groups excluding tert-OH is 1. The molecule has 1 fully saturated rings. The van der Waals surface area contributed by atoms with E-state index in [0.29, 0.717) is 6.54 Å². The van der Waals surface area contributed by atoms with E-state index < -0.39 is 0 Å². The summed E-state index contributed by atoms with van der Waals surface area (Å²) in [5.74, 6) is 0. The lowest BCUT2D eigenvalue weighted by Crippen LogP contribution is -2.20. The zero-order valence-corrected chi connectivity index (χ0v) is 9.55. The summed E-state index contributed by atoms with van der Waals surface area (Å²) in [6.07, 6.45) is -0.254. The Bertz CT molecular complexity index is 356. The van der Waals surface area contributed by atoms with Crippen LogP contribution in [0.5, 0.6) is 0 Å². The highest BCUT2D eigenvalue weighted by Gasteiger charge is 2.26. The van der Waals surface area contributed by atoms with E-state index in [4.69, 9.17) is 5.73 Å². The molecule has 0 aliphatic carbocycles. The van der Waals surface area contributed by atoms with Crippen LogP contribution in [-0.2, 0) is 0 Å². The Balaban J connectivity index is 2.13. The Morgan fingerprint density at radius 1 is 1.47 bits per heavy atom. The van der Waals surface area contributed by atoms with E-state index in [1.54, 1.807) is 11.8 Å². The Morgan fingerprint density at radius 3 is 2.93 bits per heavy atom. The molecule has 1 saturated heterocycles. The number of β-amino-alcohol motifs (C(OH)–C–C–N with tert-alkyl or cyclic N) is 1. The summed E-state index contributed by atoms with van der Waals surface area (Å²) in [4.78, 5) is 1.17. The fraction of sp³-hybridized carbons (Fsp3) is 0.455. The molecule has 15 heavy (non-hydrogen) atoms. The lowest BCUT2D eigenvalue weighted by Gasteiger charge is -2.15. The highest BCUT2D eigenvalue weighted by atomic mass is 32.2. The second-order valence-corrected chi connectivity index (χ2v) is 5.13. The molecule has 3 nitrogen and oxygen atoms in total. The molecule has 1 heterocycles. The third kappa shape index (κ3) is 2.27. The molecule has 0 aromatic heterocycles. The number of benzene rings is 1. The van der Waals surface area contributed by atoms with E-state index in [0.717, 1.165) is 17.8 Å². The average molecular weight is 224 g/mol. The minimum Gasteiger partial charge on any atom is -0.398 e. The summed E-state index contributed by atoms with van der Waals surface area (Å²) >= 11 is 1.71. The van der Waals surface area contributed by atoms with Crippen LogP contribution in [0.2, 0.25) is 0 Å². The van der Waals surface area contributed by atoms with Gasteiger partial charge in [0.05, 0.1) is 6.10 Å². The number of nitrogens with one attached hydrogen (secondary N) is 1. The van der Waals surface area contributed by atoms with Crippen molar-refractivity contribution in [3.05, 3.63) is 23.8 Å². The number of anilines is 1. The summed E-state index contributed by atoms with van der Waals surface area (Å²) in [5, 5.41) is 13.1. The number of nitrogens with two attached hydrogens (primary N) is 1. The maximum atomic E-state index is 9.70. The number of rotatable bonds is 2. The summed E-state index contributed by atoms with van der Waals surface area (Å²) in [6, 6.07) is 5.92. The van der Waals surface area contributed by atoms with Gasteiger partial charge >= 0.3 is 0 Å². The van der Waals surface area contributed by atoms with Gasteiger partial charge in [-0.25, -0.2) is 0 Å². The third-order valence-electron chi connectivity index (χ3n) is 2.73. The van der Waals surface area contributed by atoms with Gasteiger partial charge < -0.3 is 16.2 Å². The molecule has 2 unspecified atom stereocenters. The second kappa shape index (κ2) is 4.43. The molecular formula is C11H16N2OS. The predicted molar refractivity (Wildman–Crippen MR) is 64.1 cm³/mol. The monoisotopic (exact) mass is 224 g/mol. The molecule has 0 bridgehead atoms. The van der Waals surface area contributed by atoms with Crippen LogP contribution in [-0.4, -0.2) is 29.5 Å². The van der Waals surface area contributed by atoms with Gasteiger partial charge in [-0.1, -0.05) is 6.07 Å². The largest absolute Gasteiger partial charge is 0.398 e. The van der Waals surface area contributed by atoms with Gasteiger partial charge in [-0.2, -0.15) is 0 Å². The smallest absolute Gasteiger partial charge is 0.0798 e. The summed E-state index contributed by atoms with van der Waals surface area (Å²) in [5.41, 5.74) is 7.77. The van der Waals surface area contributed by atoms with Crippen LogP contribution in [0.4, 0.5) is 5.69 Å². The first-order valence-corrected chi connectivity index (χ1v) is 5.97. The number of thioether (sulfide) groups is 1. The van der Waals surface area contributed by atoms with E-state index in [2.05, 4.69) is 11.4 Å². The number of hydrogen-bond acceptors (Lipinski definition) is 4. The van der Waals surface area contributed by atoms with Crippen molar-refractivity contribution >= 4 is 17.4 Å². The van der Waals surface area contributed by atoms with Crippen molar-refractivity contribution in [1.82, 2.24) is 5.32 Å².